The van der Waals surface area contributed by atoms with Crippen molar-refractivity contribution in [2.45, 2.75) is 0 Å². The van der Waals surface area contributed by atoms with E-state index in [2.05, 4.69) is 0 Å². The van der Waals surface area contributed by atoms with E-state index in [1.165, 1.54) is 0 Å². The molecule has 0 unspecified atom stereocenters. The van der Waals surface area contributed by atoms with Gasteiger partial charge in [-0.1, -0.05) is 6.07 Å². The van der Waals surface area contributed by atoms with Gasteiger partial charge in [-0.05, 0) is 17.7 Å². The number of carboxylic acid groups (broad SMARTS) is 2. The maximum absolute atomic E-state index is 10.5. The molecule has 0 saturated heterocycles. The van der Waals surface area contributed by atoms with Gasteiger partial charge in [0.15, 0.2) is 0 Å². The number of hydrogen-bond donors (Lipinski definition) is 2. The van der Waals surface area contributed by atoms with Crippen molar-refractivity contribution in [1.82, 2.24) is 0 Å². The van der Waals surface area contributed by atoms with Crippen molar-refractivity contribution in [3.8, 4) is 0 Å². The standard InChI is InChI=1S/C8H7NO4/c9-6-3-4(7(10)11)1-2-5(6)8(12)13/h1-3H,9H2,(H,10,11)(H,12,13)/p-1. The van der Waals surface area contributed by atoms with E-state index < -0.39 is 11.9 Å². The fourth-order valence-electron chi connectivity index (χ4n) is 0.884. The normalized spacial score (nSPS) is 9.54. The molecule has 0 radical (unpaired) electrons. The van der Waals surface area contributed by atoms with Gasteiger partial charge in [0.2, 0.25) is 0 Å². The SMILES string of the molecule is Nc1cc(C(=O)[O-])ccc1C(=O)O. The van der Waals surface area contributed by atoms with Crippen LogP contribution in [0.1, 0.15) is 20.7 Å². The topological polar surface area (TPSA) is 103 Å². The third kappa shape index (κ3) is 1.76. The van der Waals surface area contributed by atoms with Crippen LogP contribution in [0.2, 0.25) is 0 Å². The fraction of sp³-hybridized carbons (Fsp3) is 0. The van der Waals surface area contributed by atoms with Crippen molar-refractivity contribution in [1.29, 1.82) is 0 Å². The Morgan fingerprint density at radius 1 is 1.38 bits per heavy atom. The molecule has 3 N–H and O–H groups in total. The first-order valence-electron chi connectivity index (χ1n) is 3.36. The number of aromatic carboxylic acids is 2. The molecule has 0 saturated carbocycles. The average Bonchev–Trinajstić information content (AvgIpc) is 2.03. The summed E-state index contributed by atoms with van der Waals surface area (Å²) in [5, 5.41) is 18.9. The molecule has 5 heteroatoms. The van der Waals surface area contributed by atoms with Gasteiger partial charge >= 0.3 is 5.97 Å². The van der Waals surface area contributed by atoms with Crippen molar-refractivity contribution in [3.05, 3.63) is 29.3 Å². The molecule has 1 aromatic rings. The van der Waals surface area contributed by atoms with Crippen LogP contribution in [0.4, 0.5) is 5.69 Å². The zero-order valence-corrected chi connectivity index (χ0v) is 6.48. The largest absolute Gasteiger partial charge is 0.545 e. The van der Waals surface area contributed by atoms with Gasteiger partial charge in [-0.15, -0.1) is 0 Å². The summed E-state index contributed by atoms with van der Waals surface area (Å²) in [6, 6.07) is 3.32. The van der Waals surface area contributed by atoms with Gasteiger partial charge in [0.05, 0.1) is 11.5 Å². The van der Waals surface area contributed by atoms with Gasteiger partial charge in [0.25, 0.3) is 0 Å². The van der Waals surface area contributed by atoms with Gasteiger partial charge in [-0.2, -0.15) is 0 Å². The van der Waals surface area contributed by atoms with E-state index in [0.29, 0.717) is 0 Å². The summed E-state index contributed by atoms with van der Waals surface area (Å²) in [6.07, 6.45) is 0. The third-order valence-corrected chi connectivity index (χ3v) is 1.52. The second-order valence-electron chi connectivity index (χ2n) is 2.39. The van der Waals surface area contributed by atoms with Crippen LogP contribution in [0, 0.1) is 0 Å². The molecule has 1 rings (SSSR count). The van der Waals surface area contributed by atoms with Crippen molar-refractivity contribution in [2.75, 3.05) is 5.73 Å². The molecule has 5 nitrogen and oxygen atoms in total. The Morgan fingerprint density at radius 2 is 2.00 bits per heavy atom. The highest BCUT2D eigenvalue weighted by molar-refractivity contribution is 5.96. The fourth-order valence-corrected chi connectivity index (χ4v) is 0.884. The minimum Gasteiger partial charge on any atom is -0.545 e. The molecule has 1 aromatic carbocycles. The molecule has 0 fully saturated rings. The van der Waals surface area contributed by atoms with Gasteiger partial charge in [0.1, 0.15) is 0 Å². The maximum atomic E-state index is 10.5. The molecule has 0 aliphatic carbocycles. The van der Waals surface area contributed by atoms with E-state index in [9.17, 15) is 14.7 Å². The van der Waals surface area contributed by atoms with Crippen molar-refractivity contribution < 1.29 is 19.8 Å². The lowest BCUT2D eigenvalue weighted by Crippen LogP contribution is -2.22. The highest BCUT2D eigenvalue weighted by atomic mass is 16.4. The number of nitrogens with two attached hydrogens (primary N) is 1. The van der Waals surface area contributed by atoms with Gasteiger partial charge < -0.3 is 20.7 Å². The first kappa shape index (κ1) is 9.05. The second-order valence-corrected chi connectivity index (χ2v) is 2.39. The molecule has 0 spiro atoms. The molecule has 0 aromatic heterocycles. The molecule has 13 heavy (non-hydrogen) atoms. The van der Waals surface area contributed by atoms with Crippen LogP contribution >= 0.6 is 0 Å². The minimum atomic E-state index is -1.39. The quantitative estimate of drug-likeness (QED) is 0.587. The molecule has 0 amide bonds. The van der Waals surface area contributed by atoms with Crippen LogP contribution in [0.5, 0.6) is 0 Å². The predicted molar refractivity (Wildman–Crippen MR) is 42.1 cm³/mol. The number of carboxylic acids is 2. The summed E-state index contributed by atoms with van der Waals surface area (Å²) < 4.78 is 0. The van der Waals surface area contributed by atoms with E-state index in [-0.39, 0.29) is 16.8 Å². The average molecular weight is 180 g/mol. The molecular weight excluding hydrogens is 174 g/mol. The summed E-state index contributed by atoms with van der Waals surface area (Å²) in [5.74, 6) is -2.58. The number of nitrogen functional groups attached to an aromatic ring is 1. The Bertz CT molecular complexity index is 372. The number of anilines is 1. The molecule has 0 atom stereocenters. The first-order valence-corrected chi connectivity index (χ1v) is 3.36. The number of carbonyl (C=O) groups is 2. The summed E-state index contributed by atoms with van der Waals surface area (Å²) >= 11 is 0. The summed E-state index contributed by atoms with van der Waals surface area (Å²) in [5.41, 5.74) is 4.94. The minimum absolute atomic E-state index is 0.0887. The number of benzene rings is 1. The van der Waals surface area contributed by atoms with Crippen LogP contribution < -0.4 is 10.8 Å². The Balaban J connectivity index is 3.20. The number of hydrogen-bond acceptors (Lipinski definition) is 4. The van der Waals surface area contributed by atoms with E-state index >= 15 is 0 Å². The lowest BCUT2D eigenvalue weighted by atomic mass is 10.1. The van der Waals surface area contributed by atoms with Crippen LogP contribution in [0.3, 0.4) is 0 Å². The van der Waals surface area contributed by atoms with Crippen LogP contribution in [-0.2, 0) is 0 Å². The monoisotopic (exact) mass is 180 g/mol. The van der Waals surface area contributed by atoms with Crippen molar-refractivity contribution in [2.24, 2.45) is 0 Å². The Kier molecular flexibility index (Phi) is 2.19. The highest BCUT2D eigenvalue weighted by Crippen LogP contribution is 2.13. The van der Waals surface area contributed by atoms with E-state index in [4.69, 9.17) is 10.8 Å². The molecule has 0 heterocycles. The number of carbonyl (C=O) groups excluding carboxylic acids is 1. The lowest BCUT2D eigenvalue weighted by Gasteiger charge is -2.05. The van der Waals surface area contributed by atoms with Crippen LogP contribution in [0.25, 0.3) is 0 Å². The van der Waals surface area contributed by atoms with Gasteiger partial charge in [-0.25, -0.2) is 4.79 Å². The van der Waals surface area contributed by atoms with E-state index in [1.807, 2.05) is 0 Å². The lowest BCUT2D eigenvalue weighted by molar-refractivity contribution is -0.255. The van der Waals surface area contributed by atoms with E-state index in [1.54, 1.807) is 0 Å². The Hall–Kier alpha value is -2.04. The molecular formula is C8H6NO4-. The van der Waals surface area contributed by atoms with E-state index in [0.717, 1.165) is 18.2 Å². The highest BCUT2D eigenvalue weighted by Gasteiger charge is 2.07. The predicted octanol–water partition coefficient (Wildman–Crippen LogP) is -0.669. The zero-order chi connectivity index (χ0) is 10.0. The Labute approximate surface area is 73.4 Å². The zero-order valence-electron chi connectivity index (χ0n) is 6.48. The summed E-state index contributed by atoms with van der Waals surface area (Å²) in [4.78, 5) is 20.8. The number of rotatable bonds is 2. The smallest absolute Gasteiger partial charge is 0.337 e. The van der Waals surface area contributed by atoms with Gasteiger partial charge in [0, 0.05) is 5.69 Å². The first-order chi connectivity index (χ1) is 6.02. The maximum Gasteiger partial charge on any atom is 0.337 e. The third-order valence-electron chi connectivity index (χ3n) is 1.52. The van der Waals surface area contributed by atoms with Crippen molar-refractivity contribution >= 4 is 17.6 Å². The molecule has 0 aliphatic heterocycles. The second kappa shape index (κ2) is 3.14. The van der Waals surface area contributed by atoms with Gasteiger partial charge in [-0.3, -0.25) is 0 Å². The molecule has 0 aliphatic rings. The molecule has 0 bridgehead atoms. The van der Waals surface area contributed by atoms with Crippen molar-refractivity contribution in [3.63, 3.8) is 0 Å². The molecule has 68 valence electrons. The van der Waals surface area contributed by atoms with Crippen LogP contribution in [-0.4, -0.2) is 17.0 Å². The van der Waals surface area contributed by atoms with Crippen LogP contribution in [0.15, 0.2) is 18.2 Å². The summed E-state index contributed by atoms with van der Waals surface area (Å²) in [7, 11) is 0. The summed E-state index contributed by atoms with van der Waals surface area (Å²) in [6.45, 7) is 0. The Morgan fingerprint density at radius 3 is 2.38 bits per heavy atom.